The third kappa shape index (κ3) is 3.52. The first-order chi connectivity index (χ1) is 12.5. The number of hydrazone groups is 1. The molecule has 0 heterocycles. The maximum absolute atomic E-state index is 12.5. The first-order valence-electron chi connectivity index (χ1n) is 8.21. The normalized spacial score (nSPS) is 11.4. The number of aromatic hydroxyl groups is 1. The number of nitrogens with zero attached hydrogens (tertiary/aromatic N) is 1. The molecule has 0 aliphatic carbocycles. The number of carbonyl (C=O) groups is 1. The minimum Gasteiger partial charge on any atom is -0.507 e. The second-order valence-electron chi connectivity index (χ2n) is 6.06. The van der Waals surface area contributed by atoms with Crippen LogP contribution in [0.3, 0.4) is 0 Å². The monoisotopic (exact) mass is 348 g/mol. The summed E-state index contributed by atoms with van der Waals surface area (Å²) < 4.78 is 5.35. The van der Waals surface area contributed by atoms with Gasteiger partial charge in [-0.15, -0.1) is 0 Å². The van der Waals surface area contributed by atoms with Gasteiger partial charge in [-0.3, -0.25) is 4.79 Å². The number of methoxy groups -OCH3 is 1. The van der Waals surface area contributed by atoms with Crippen LogP contribution in [0.2, 0.25) is 0 Å². The number of nitrogens with one attached hydrogen (secondary N) is 1. The Labute approximate surface area is 151 Å². The van der Waals surface area contributed by atoms with Crippen LogP contribution >= 0.6 is 0 Å². The topological polar surface area (TPSA) is 70.9 Å². The van der Waals surface area contributed by atoms with Crippen molar-refractivity contribution in [1.82, 2.24) is 5.43 Å². The van der Waals surface area contributed by atoms with Gasteiger partial charge < -0.3 is 9.84 Å². The quantitative estimate of drug-likeness (QED) is 0.553. The van der Waals surface area contributed by atoms with Crippen molar-refractivity contribution in [3.8, 4) is 11.5 Å². The lowest BCUT2D eigenvalue weighted by Gasteiger charge is -2.10. The first kappa shape index (κ1) is 17.5. The summed E-state index contributed by atoms with van der Waals surface area (Å²) in [5, 5.41) is 16.1. The molecule has 132 valence electrons. The largest absolute Gasteiger partial charge is 0.507 e. The number of rotatable bonds is 4. The molecule has 0 saturated heterocycles. The number of hydrogen-bond donors (Lipinski definition) is 2. The number of hydrogen-bond acceptors (Lipinski definition) is 4. The average molecular weight is 348 g/mol. The van der Waals surface area contributed by atoms with Crippen molar-refractivity contribution >= 4 is 22.4 Å². The van der Waals surface area contributed by atoms with Gasteiger partial charge in [-0.2, -0.15) is 5.10 Å². The van der Waals surface area contributed by atoms with Gasteiger partial charge in [-0.1, -0.05) is 35.9 Å². The summed E-state index contributed by atoms with van der Waals surface area (Å²) in [4.78, 5) is 12.5. The van der Waals surface area contributed by atoms with Crippen LogP contribution in [-0.4, -0.2) is 23.8 Å². The van der Waals surface area contributed by atoms with Crippen molar-refractivity contribution in [1.29, 1.82) is 0 Å². The SMILES string of the molecule is COc1ccc(C)cc1/C(C)=N\NC(=O)c1cc2ccccc2cc1O. The fourth-order valence-electron chi connectivity index (χ4n) is 2.77. The lowest BCUT2D eigenvalue weighted by atomic mass is 10.1. The van der Waals surface area contributed by atoms with E-state index < -0.39 is 5.91 Å². The standard InChI is InChI=1S/C21H20N2O3/c1-13-8-9-20(26-3)17(10-13)14(2)22-23-21(25)18-11-15-6-4-5-7-16(15)12-19(18)24/h4-12,24H,1-3H3,(H,23,25)/b22-14-. The number of phenolic OH excluding ortho intramolecular Hbond substituents is 1. The highest BCUT2D eigenvalue weighted by atomic mass is 16.5. The predicted octanol–water partition coefficient (Wildman–Crippen LogP) is 4.02. The van der Waals surface area contributed by atoms with E-state index in [1.807, 2.05) is 49.4 Å². The Hall–Kier alpha value is -3.34. The molecule has 0 radical (unpaired) electrons. The fraction of sp³-hybridized carbons (Fsp3) is 0.143. The highest BCUT2D eigenvalue weighted by molar-refractivity contribution is 6.04. The molecule has 0 fully saturated rings. The molecule has 5 heteroatoms. The van der Waals surface area contributed by atoms with Crippen LogP contribution in [0, 0.1) is 6.92 Å². The molecule has 0 unspecified atom stereocenters. The van der Waals surface area contributed by atoms with E-state index in [4.69, 9.17) is 4.74 Å². The molecule has 0 spiro atoms. The number of benzene rings is 3. The smallest absolute Gasteiger partial charge is 0.275 e. The zero-order valence-corrected chi connectivity index (χ0v) is 14.9. The molecule has 3 rings (SSSR count). The third-order valence-electron chi connectivity index (χ3n) is 4.18. The average Bonchev–Trinajstić information content (AvgIpc) is 2.65. The maximum Gasteiger partial charge on any atom is 0.275 e. The van der Waals surface area contributed by atoms with E-state index in [1.54, 1.807) is 26.2 Å². The number of fused-ring (bicyclic) bond motifs is 1. The van der Waals surface area contributed by atoms with Gasteiger partial charge in [0.05, 0.1) is 18.4 Å². The molecule has 0 bridgehead atoms. The Bertz CT molecular complexity index is 1010. The molecular formula is C21H20N2O3. The Morgan fingerprint density at radius 2 is 1.73 bits per heavy atom. The molecular weight excluding hydrogens is 328 g/mol. The first-order valence-corrected chi connectivity index (χ1v) is 8.21. The molecule has 0 aliphatic heterocycles. The van der Waals surface area contributed by atoms with E-state index in [0.29, 0.717) is 11.5 Å². The number of amides is 1. The van der Waals surface area contributed by atoms with Crippen molar-refractivity contribution < 1.29 is 14.6 Å². The van der Waals surface area contributed by atoms with Gasteiger partial charge in [-0.05, 0) is 48.9 Å². The van der Waals surface area contributed by atoms with Gasteiger partial charge >= 0.3 is 0 Å². The number of carbonyl (C=O) groups excluding carboxylic acids is 1. The summed E-state index contributed by atoms with van der Waals surface area (Å²) >= 11 is 0. The molecule has 0 aliphatic rings. The van der Waals surface area contributed by atoms with Crippen LogP contribution in [0.25, 0.3) is 10.8 Å². The predicted molar refractivity (Wildman–Crippen MR) is 103 cm³/mol. The summed E-state index contributed by atoms with van der Waals surface area (Å²) in [6, 6.07) is 16.5. The van der Waals surface area contributed by atoms with Crippen LogP contribution in [0.5, 0.6) is 11.5 Å². The van der Waals surface area contributed by atoms with Crippen LogP contribution in [0.1, 0.15) is 28.4 Å². The lowest BCUT2D eigenvalue weighted by Crippen LogP contribution is -2.19. The van der Waals surface area contributed by atoms with E-state index in [0.717, 1.165) is 21.9 Å². The van der Waals surface area contributed by atoms with Crippen molar-refractivity contribution in [2.75, 3.05) is 7.11 Å². The zero-order valence-electron chi connectivity index (χ0n) is 14.9. The summed E-state index contributed by atoms with van der Waals surface area (Å²) in [5.74, 6) is 0.126. The lowest BCUT2D eigenvalue weighted by molar-refractivity contribution is 0.0952. The number of phenols is 1. The highest BCUT2D eigenvalue weighted by Crippen LogP contribution is 2.25. The van der Waals surface area contributed by atoms with Crippen molar-refractivity contribution in [3.05, 3.63) is 71.3 Å². The molecule has 26 heavy (non-hydrogen) atoms. The molecule has 0 saturated carbocycles. The van der Waals surface area contributed by atoms with Crippen LogP contribution in [0.4, 0.5) is 0 Å². The highest BCUT2D eigenvalue weighted by Gasteiger charge is 2.13. The van der Waals surface area contributed by atoms with Gasteiger partial charge in [0.15, 0.2) is 0 Å². The van der Waals surface area contributed by atoms with Gasteiger partial charge in [0, 0.05) is 5.56 Å². The maximum atomic E-state index is 12.5. The van der Waals surface area contributed by atoms with Gasteiger partial charge in [-0.25, -0.2) is 5.43 Å². The minimum atomic E-state index is -0.473. The molecule has 5 nitrogen and oxygen atoms in total. The van der Waals surface area contributed by atoms with E-state index >= 15 is 0 Å². The minimum absolute atomic E-state index is 0.0813. The van der Waals surface area contributed by atoms with E-state index in [-0.39, 0.29) is 11.3 Å². The number of ether oxygens (including phenoxy) is 1. The van der Waals surface area contributed by atoms with Gasteiger partial charge in [0.1, 0.15) is 11.5 Å². The van der Waals surface area contributed by atoms with E-state index in [1.165, 1.54) is 0 Å². The molecule has 1 amide bonds. The molecule has 3 aromatic carbocycles. The molecule has 2 N–H and O–H groups in total. The summed E-state index contributed by atoms with van der Waals surface area (Å²) in [7, 11) is 1.59. The Kier molecular flexibility index (Phi) is 4.89. The Balaban J connectivity index is 1.87. The second kappa shape index (κ2) is 7.27. The Morgan fingerprint density at radius 1 is 1.04 bits per heavy atom. The van der Waals surface area contributed by atoms with Crippen LogP contribution < -0.4 is 10.2 Å². The summed E-state index contributed by atoms with van der Waals surface area (Å²) in [5.41, 5.74) is 5.16. The van der Waals surface area contributed by atoms with Gasteiger partial charge in [0.2, 0.25) is 0 Å². The molecule has 0 aromatic heterocycles. The zero-order chi connectivity index (χ0) is 18.7. The molecule has 0 atom stereocenters. The third-order valence-corrected chi connectivity index (χ3v) is 4.18. The van der Waals surface area contributed by atoms with Crippen LogP contribution in [0.15, 0.2) is 59.7 Å². The van der Waals surface area contributed by atoms with Gasteiger partial charge in [0.25, 0.3) is 5.91 Å². The number of aryl methyl sites for hydroxylation is 1. The summed E-state index contributed by atoms with van der Waals surface area (Å²) in [6.45, 7) is 3.76. The fourth-order valence-corrected chi connectivity index (χ4v) is 2.77. The summed E-state index contributed by atoms with van der Waals surface area (Å²) in [6.07, 6.45) is 0. The van der Waals surface area contributed by atoms with E-state index in [2.05, 4.69) is 10.5 Å². The Morgan fingerprint density at radius 3 is 2.42 bits per heavy atom. The second-order valence-corrected chi connectivity index (χ2v) is 6.06. The van der Waals surface area contributed by atoms with Crippen molar-refractivity contribution in [3.63, 3.8) is 0 Å². The van der Waals surface area contributed by atoms with Crippen LogP contribution in [-0.2, 0) is 0 Å². The molecule has 3 aromatic rings. The van der Waals surface area contributed by atoms with Crippen molar-refractivity contribution in [2.45, 2.75) is 13.8 Å². The van der Waals surface area contributed by atoms with E-state index in [9.17, 15) is 9.90 Å². The van der Waals surface area contributed by atoms with Crippen molar-refractivity contribution in [2.24, 2.45) is 5.10 Å².